The molecular weight excluding hydrogens is 342 g/mol. The lowest BCUT2D eigenvalue weighted by atomic mass is 10.1. The number of H-pyrrole nitrogens is 1. The summed E-state index contributed by atoms with van der Waals surface area (Å²) in [6.07, 6.45) is 1.67. The molecule has 2 N–H and O–H groups in total. The highest BCUT2D eigenvalue weighted by atomic mass is 79.9. The lowest BCUT2D eigenvalue weighted by Gasteiger charge is -2.22. The molecule has 0 aliphatic rings. The summed E-state index contributed by atoms with van der Waals surface area (Å²) in [6.45, 7) is 6.29. The maximum absolute atomic E-state index is 9.21. The van der Waals surface area contributed by atoms with E-state index in [2.05, 4.69) is 58.1 Å². The van der Waals surface area contributed by atoms with Crippen molar-refractivity contribution < 1.29 is 0 Å². The Bertz CT molecular complexity index is 876. The van der Waals surface area contributed by atoms with Crippen molar-refractivity contribution in [3.05, 3.63) is 40.8 Å². The first-order valence-corrected chi connectivity index (χ1v) is 7.72. The van der Waals surface area contributed by atoms with E-state index in [4.69, 9.17) is 0 Å². The van der Waals surface area contributed by atoms with Gasteiger partial charge in [-0.15, -0.1) is 0 Å². The molecule has 0 radical (unpaired) electrons. The van der Waals surface area contributed by atoms with Gasteiger partial charge < -0.3 is 10.3 Å². The molecule has 22 heavy (non-hydrogen) atoms. The first kappa shape index (κ1) is 14.7. The van der Waals surface area contributed by atoms with E-state index in [-0.39, 0.29) is 5.54 Å². The standard InChI is InChI=1S/C16H16BrN5/c1-16(2,3)21-15-13(10-6-4-5-7-11(10)17)20-14-12(8-18)19-9-22(14)15/h4-7,9,20-21H,1-3H3. The highest BCUT2D eigenvalue weighted by molar-refractivity contribution is 9.10. The third-order valence-electron chi connectivity index (χ3n) is 3.23. The number of nitriles is 1. The molecule has 5 nitrogen and oxygen atoms in total. The molecule has 0 aliphatic heterocycles. The number of anilines is 1. The fourth-order valence-electron chi connectivity index (χ4n) is 2.35. The second-order valence-electron chi connectivity index (χ2n) is 6.13. The van der Waals surface area contributed by atoms with Crippen LogP contribution in [0.2, 0.25) is 0 Å². The number of hydrogen-bond acceptors (Lipinski definition) is 3. The minimum atomic E-state index is -0.123. The molecule has 112 valence electrons. The van der Waals surface area contributed by atoms with Crippen LogP contribution in [0.4, 0.5) is 5.82 Å². The Kier molecular flexibility index (Phi) is 3.45. The average molecular weight is 358 g/mol. The Morgan fingerprint density at radius 1 is 1.32 bits per heavy atom. The van der Waals surface area contributed by atoms with Crippen LogP contribution in [-0.4, -0.2) is 19.9 Å². The molecule has 1 aromatic carbocycles. The highest BCUT2D eigenvalue weighted by Gasteiger charge is 2.21. The first-order chi connectivity index (χ1) is 10.4. The van der Waals surface area contributed by atoms with Gasteiger partial charge in [0.1, 0.15) is 18.2 Å². The van der Waals surface area contributed by atoms with Gasteiger partial charge in [-0.25, -0.2) is 4.98 Å². The van der Waals surface area contributed by atoms with Crippen LogP contribution in [0.1, 0.15) is 26.5 Å². The number of halogens is 1. The number of imidazole rings is 2. The molecule has 0 bridgehead atoms. The van der Waals surface area contributed by atoms with E-state index >= 15 is 0 Å². The number of fused-ring (bicyclic) bond motifs is 1. The van der Waals surface area contributed by atoms with Crippen LogP contribution in [0.3, 0.4) is 0 Å². The summed E-state index contributed by atoms with van der Waals surface area (Å²) < 4.78 is 2.88. The molecule has 0 aliphatic carbocycles. The van der Waals surface area contributed by atoms with Crippen LogP contribution in [0, 0.1) is 11.3 Å². The van der Waals surface area contributed by atoms with E-state index in [1.165, 1.54) is 0 Å². The molecule has 0 fully saturated rings. The van der Waals surface area contributed by atoms with E-state index in [1.54, 1.807) is 6.33 Å². The van der Waals surface area contributed by atoms with E-state index in [0.717, 1.165) is 21.5 Å². The normalized spacial score (nSPS) is 11.6. The van der Waals surface area contributed by atoms with Gasteiger partial charge in [0, 0.05) is 15.6 Å². The minimum Gasteiger partial charge on any atom is -0.365 e. The third-order valence-corrected chi connectivity index (χ3v) is 3.92. The van der Waals surface area contributed by atoms with Gasteiger partial charge in [-0.3, -0.25) is 4.40 Å². The number of rotatable bonds is 2. The molecule has 2 heterocycles. The number of nitrogens with zero attached hydrogens (tertiary/aromatic N) is 3. The second-order valence-corrected chi connectivity index (χ2v) is 6.98. The van der Waals surface area contributed by atoms with E-state index in [1.807, 2.05) is 28.7 Å². The SMILES string of the molecule is CC(C)(C)Nc1c(-c2ccccc2Br)[nH]c2c(C#N)ncn12. The van der Waals surface area contributed by atoms with Gasteiger partial charge in [-0.2, -0.15) is 5.26 Å². The van der Waals surface area contributed by atoms with Crippen LogP contribution in [0.25, 0.3) is 16.9 Å². The van der Waals surface area contributed by atoms with Crippen molar-refractivity contribution in [2.24, 2.45) is 0 Å². The molecule has 0 unspecified atom stereocenters. The Morgan fingerprint density at radius 3 is 2.68 bits per heavy atom. The average Bonchev–Trinajstić information content (AvgIpc) is 2.98. The molecule has 0 atom stereocenters. The predicted molar refractivity (Wildman–Crippen MR) is 90.8 cm³/mol. The molecular formula is C16H16BrN5. The van der Waals surface area contributed by atoms with Gasteiger partial charge in [0.2, 0.25) is 0 Å². The zero-order valence-electron chi connectivity index (χ0n) is 12.6. The number of aromatic amines is 1. The zero-order valence-corrected chi connectivity index (χ0v) is 14.2. The number of benzene rings is 1. The molecule has 3 rings (SSSR count). The summed E-state index contributed by atoms with van der Waals surface area (Å²) in [5.41, 5.74) is 2.91. The van der Waals surface area contributed by atoms with Crippen LogP contribution in [-0.2, 0) is 0 Å². The summed E-state index contributed by atoms with van der Waals surface area (Å²) in [6, 6.07) is 10.1. The van der Waals surface area contributed by atoms with Crippen molar-refractivity contribution in [2.75, 3.05) is 5.32 Å². The number of aromatic nitrogens is 3. The summed E-state index contributed by atoms with van der Waals surface area (Å²) in [7, 11) is 0. The molecule has 3 aromatic rings. The monoisotopic (exact) mass is 357 g/mol. The molecule has 0 saturated heterocycles. The van der Waals surface area contributed by atoms with Gasteiger partial charge in [-0.05, 0) is 26.8 Å². The Balaban J connectivity index is 2.29. The van der Waals surface area contributed by atoms with Crippen molar-refractivity contribution in [1.29, 1.82) is 5.26 Å². The van der Waals surface area contributed by atoms with Crippen molar-refractivity contribution in [3.8, 4) is 17.3 Å². The van der Waals surface area contributed by atoms with Crippen molar-refractivity contribution in [3.63, 3.8) is 0 Å². The van der Waals surface area contributed by atoms with Crippen LogP contribution < -0.4 is 5.32 Å². The molecule has 0 amide bonds. The van der Waals surface area contributed by atoms with E-state index in [9.17, 15) is 5.26 Å². The quantitative estimate of drug-likeness (QED) is 0.722. The minimum absolute atomic E-state index is 0.123. The van der Waals surface area contributed by atoms with Gasteiger partial charge in [0.25, 0.3) is 0 Å². The largest absolute Gasteiger partial charge is 0.365 e. The predicted octanol–water partition coefficient (Wildman–Crippen LogP) is 4.17. The topological polar surface area (TPSA) is 68.9 Å². The van der Waals surface area contributed by atoms with Crippen LogP contribution in [0.5, 0.6) is 0 Å². The van der Waals surface area contributed by atoms with Crippen LogP contribution in [0.15, 0.2) is 35.1 Å². The Morgan fingerprint density at radius 2 is 2.05 bits per heavy atom. The lowest BCUT2D eigenvalue weighted by molar-refractivity contribution is 0.629. The van der Waals surface area contributed by atoms with Crippen molar-refractivity contribution in [2.45, 2.75) is 26.3 Å². The maximum Gasteiger partial charge on any atom is 0.183 e. The second kappa shape index (κ2) is 5.18. The summed E-state index contributed by atoms with van der Waals surface area (Å²) in [5.74, 6) is 0.892. The van der Waals surface area contributed by atoms with E-state index in [0.29, 0.717) is 11.3 Å². The highest BCUT2D eigenvalue weighted by Crippen LogP contribution is 2.35. The summed E-state index contributed by atoms with van der Waals surface area (Å²) in [5, 5.41) is 12.7. The zero-order chi connectivity index (χ0) is 15.9. The fourth-order valence-corrected chi connectivity index (χ4v) is 2.84. The van der Waals surface area contributed by atoms with Gasteiger partial charge in [-0.1, -0.05) is 34.1 Å². The summed E-state index contributed by atoms with van der Waals surface area (Å²) >= 11 is 3.59. The van der Waals surface area contributed by atoms with Gasteiger partial charge >= 0.3 is 0 Å². The van der Waals surface area contributed by atoms with Crippen molar-refractivity contribution >= 4 is 27.4 Å². The fraction of sp³-hybridized carbons (Fsp3) is 0.250. The van der Waals surface area contributed by atoms with Gasteiger partial charge in [0.15, 0.2) is 11.3 Å². The molecule has 2 aromatic heterocycles. The van der Waals surface area contributed by atoms with Crippen LogP contribution >= 0.6 is 15.9 Å². The summed E-state index contributed by atoms with van der Waals surface area (Å²) in [4.78, 5) is 7.47. The number of hydrogen-bond donors (Lipinski definition) is 2. The Labute approximate surface area is 137 Å². The lowest BCUT2D eigenvalue weighted by Crippen LogP contribution is -2.27. The first-order valence-electron chi connectivity index (χ1n) is 6.93. The Hall–Kier alpha value is -2.26. The molecule has 0 spiro atoms. The van der Waals surface area contributed by atoms with Crippen molar-refractivity contribution in [1.82, 2.24) is 14.4 Å². The van der Waals surface area contributed by atoms with Gasteiger partial charge in [0.05, 0.1) is 5.69 Å². The molecule has 6 heteroatoms. The van der Waals surface area contributed by atoms with E-state index < -0.39 is 0 Å². The molecule has 0 saturated carbocycles. The smallest absolute Gasteiger partial charge is 0.183 e. The third kappa shape index (κ3) is 2.48. The maximum atomic E-state index is 9.21. The number of nitrogens with one attached hydrogen (secondary N) is 2.